The highest BCUT2D eigenvalue weighted by molar-refractivity contribution is 6.35. The lowest BCUT2D eigenvalue weighted by Crippen LogP contribution is -2.07. The predicted molar refractivity (Wildman–Crippen MR) is 88.3 cm³/mol. The summed E-state index contributed by atoms with van der Waals surface area (Å²) in [4.78, 5) is 9.41. The molecule has 21 heavy (non-hydrogen) atoms. The lowest BCUT2D eigenvalue weighted by atomic mass is 10.1. The van der Waals surface area contributed by atoms with E-state index >= 15 is 0 Å². The largest absolute Gasteiger partial charge is 0.373 e. The Hall–Kier alpha value is -1.32. The topological polar surface area (TPSA) is 37.8 Å². The van der Waals surface area contributed by atoms with Crippen molar-refractivity contribution in [3.8, 4) is 11.4 Å². The van der Waals surface area contributed by atoms with Crippen molar-refractivity contribution in [2.45, 2.75) is 32.1 Å². The summed E-state index contributed by atoms with van der Waals surface area (Å²) in [5, 5.41) is 4.46. The second-order valence-corrected chi connectivity index (χ2v) is 6.10. The number of anilines is 1. The van der Waals surface area contributed by atoms with E-state index in [0.717, 1.165) is 29.9 Å². The van der Waals surface area contributed by atoms with E-state index in [2.05, 4.69) is 10.3 Å². The second kappa shape index (κ2) is 6.20. The third kappa shape index (κ3) is 2.99. The fourth-order valence-corrected chi connectivity index (χ4v) is 3.14. The molecule has 0 aliphatic heterocycles. The zero-order valence-electron chi connectivity index (χ0n) is 11.9. The van der Waals surface area contributed by atoms with Crippen LogP contribution in [0.25, 0.3) is 11.4 Å². The number of hydrogen-bond acceptors (Lipinski definition) is 3. The molecule has 0 atom stereocenters. The Morgan fingerprint density at radius 1 is 1.05 bits per heavy atom. The molecule has 1 aromatic carbocycles. The third-order valence-corrected chi connectivity index (χ3v) is 4.40. The van der Waals surface area contributed by atoms with Crippen LogP contribution in [0.15, 0.2) is 18.2 Å². The van der Waals surface area contributed by atoms with E-state index < -0.39 is 0 Å². The summed E-state index contributed by atoms with van der Waals surface area (Å²) in [6.07, 6.45) is 5.65. The third-order valence-electron chi connectivity index (χ3n) is 3.84. The molecular weight excluding hydrogens is 305 g/mol. The van der Waals surface area contributed by atoms with Crippen LogP contribution in [0.1, 0.15) is 30.5 Å². The van der Waals surface area contributed by atoms with E-state index in [1.54, 1.807) is 12.1 Å². The van der Waals surface area contributed by atoms with Gasteiger partial charge in [-0.25, -0.2) is 9.97 Å². The highest BCUT2D eigenvalue weighted by Crippen LogP contribution is 2.32. The first-order chi connectivity index (χ1) is 10.2. The monoisotopic (exact) mass is 321 g/mol. The number of halogens is 2. The fraction of sp³-hybridized carbons (Fsp3) is 0.375. The van der Waals surface area contributed by atoms with Crippen molar-refractivity contribution in [2.75, 3.05) is 12.4 Å². The predicted octanol–water partition coefficient (Wildman–Crippen LogP) is 4.76. The molecule has 110 valence electrons. The summed E-state index contributed by atoms with van der Waals surface area (Å²) in [5.74, 6) is 1.56. The maximum atomic E-state index is 6.28. The zero-order chi connectivity index (χ0) is 14.8. The molecule has 1 N–H and O–H groups in total. The van der Waals surface area contributed by atoms with Gasteiger partial charge in [-0.05, 0) is 43.9 Å². The van der Waals surface area contributed by atoms with Crippen LogP contribution < -0.4 is 5.32 Å². The molecule has 0 unspecified atom stereocenters. The minimum atomic E-state index is 0.620. The number of nitrogens with one attached hydrogen (secondary N) is 1. The average molecular weight is 322 g/mol. The number of hydrogen-bond donors (Lipinski definition) is 1. The van der Waals surface area contributed by atoms with Gasteiger partial charge in [-0.1, -0.05) is 29.6 Å². The van der Waals surface area contributed by atoms with Crippen LogP contribution in [0.3, 0.4) is 0 Å². The van der Waals surface area contributed by atoms with E-state index in [1.807, 2.05) is 13.1 Å². The first kappa shape index (κ1) is 14.6. The van der Waals surface area contributed by atoms with Crippen LogP contribution in [0.2, 0.25) is 10.0 Å². The quantitative estimate of drug-likeness (QED) is 0.810. The van der Waals surface area contributed by atoms with Gasteiger partial charge in [-0.3, -0.25) is 0 Å². The van der Waals surface area contributed by atoms with Gasteiger partial charge < -0.3 is 5.32 Å². The highest BCUT2D eigenvalue weighted by Gasteiger charge is 2.18. The Kier molecular flexibility index (Phi) is 4.32. The van der Waals surface area contributed by atoms with Crippen LogP contribution in [0.5, 0.6) is 0 Å². The number of aromatic nitrogens is 2. The Bertz CT molecular complexity index is 671. The van der Waals surface area contributed by atoms with Gasteiger partial charge in [0, 0.05) is 28.9 Å². The van der Waals surface area contributed by atoms with Crippen molar-refractivity contribution in [2.24, 2.45) is 0 Å². The minimum absolute atomic E-state index is 0.620. The molecule has 1 aromatic heterocycles. The molecule has 1 aliphatic carbocycles. The van der Waals surface area contributed by atoms with Crippen molar-refractivity contribution in [3.05, 3.63) is 39.5 Å². The lowest BCUT2D eigenvalue weighted by Gasteiger charge is -2.13. The summed E-state index contributed by atoms with van der Waals surface area (Å²) in [5.41, 5.74) is 3.17. The van der Waals surface area contributed by atoms with Crippen molar-refractivity contribution in [1.29, 1.82) is 0 Å². The zero-order valence-corrected chi connectivity index (χ0v) is 13.4. The fourth-order valence-electron chi connectivity index (χ4n) is 2.77. The molecule has 5 heteroatoms. The summed E-state index contributed by atoms with van der Waals surface area (Å²) in [6, 6.07) is 5.38. The summed E-state index contributed by atoms with van der Waals surface area (Å²) < 4.78 is 0. The Labute approximate surface area is 134 Å². The molecule has 3 rings (SSSR count). The van der Waals surface area contributed by atoms with E-state index in [1.165, 1.54) is 24.8 Å². The molecule has 0 spiro atoms. The normalized spacial score (nSPS) is 14.4. The molecule has 0 radical (unpaired) electrons. The molecule has 3 nitrogen and oxygen atoms in total. The molecular formula is C16H17Cl2N3. The maximum absolute atomic E-state index is 6.28. The van der Waals surface area contributed by atoms with Crippen LogP contribution in [-0.4, -0.2) is 17.0 Å². The molecule has 0 amide bonds. The average Bonchev–Trinajstić information content (AvgIpc) is 2.74. The maximum Gasteiger partial charge on any atom is 0.163 e. The van der Waals surface area contributed by atoms with Crippen LogP contribution in [0, 0.1) is 0 Å². The number of nitrogens with zero attached hydrogens (tertiary/aromatic N) is 2. The van der Waals surface area contributed by atoms with Crippen LogP contribution in [0.4, 0.5) is 5.82 Å². The molecule has 2 aromatic rings. The van der Waals surface area contributed by atoms with Gasteiger partial charge in [0.25, 0.3) is 0 Å². The summed E-state index contributed by atoms with van der Waals surface area (Å²) in [6.45, 7) is 0. The summed E-state index contributed by atoms with van der Waals surface area (Å²) in [7, 11) is 1.90. The lowest BCUT2D eigenvalue weighted by molar-refractivity contribution is 0.709. The number of fused-ring (bicyclic) bond motifs is 1. The molecule has 0 fully saturated rings. The molecule has 0 saturated heterocycles. The highest BCUT2D eigenvalue weighted by atomic mass is 35.5. The van der Waals surface area contributed by atoms with Crippen LogP contribution in [-0.2, 0) is 12.8 Å². The van der Waals surface area contributed by atoms with E-state index in [0.29, 0.717) is 15.9 Å². The first-order valence-corrected chi connectivity index (χ1v) is 7.97. The number of aryl methyl sites for hydroxylation is 1. The Balaban J connectivity index is 2.15. The van der Waals surface area contributed by atoms with Crippen molar-refractivity contribution in [1.82, 2.24) is 9.97 Å². The van der Waals surface area contributed by atoms with E-state index in [-0.39, 0.29) is 0 Å². The Morgan fingerprint density at radius 3 is 2.67 bits per heavy atom. The molecule has 0 bridgehead atoms. The Morgan fingerprint density at radius 2 is 1.86 bits per heavy atom. The van der Waals surface area contributed by atoms with Gasteiger partial charge >= 0.3 is 0 Å². The molecule has 1 heterocycles. The first-order valence-electron chi connectivity index (χ1n) is 7.22. The van der Waals surface area contributed by atoms with Crippen molar-refractivity contribution >= 4 is 29.0 Å². The molecule has 0 saturated carbocycles. The smallest absolute Gasteiger partial charge is 0.163 e. The van der Waals surface area contributed by atoms with E-state index in [9.17, 15) is 0 Å². The van der Waals surface area contributed by atoms with Gasteiger partial charge in [0.15, 0.2) is 5.82 Å². The number of benzene rings is 1. The van der Waals surface area contributed by atoms with Crippen LogP contribution >= 0.6 is 23.2 Å². The standard InChI is InChI=1S/C16H17Cl2N3/c1-19-15-11-5-3-2-4-6-14(11)20-16(21-15)12-9-10(17)7-8-13(12)18/h7-9H,2-6H2,1H3,(H,19,20,21). The SMILES string of the molecule is CNc1nc(-c2cc(Cl)ccc2Cl)nc2c1CCCCC2. The van der Waals surface area contributed by atoms with Crippen molar-refractivity contribution < 1.29 is 0 Å². The van der Waals surface area contributed by atoms with Gasteiger partial charge in [0.1, 0.15) is 5.82 Å². The number of rotatable bonds is 2. The minimum Gasteiger partial charge on any atom is -0.373 e. The second-order valence-electron chi connectivity index (χ2n) is 5.26. The van der Waals surface area contributed by atoms with E-state index in [4.69, 9.17) is 28.2 Å². The van der Waals surface area contributed by atoms with Gasteiger partial charge in [-0.2, -0.15) is 0 Å². The van der Waals surface area contributed by atoms with Gasteiger partial charge in [0.2, 0.25) is 0 Å². The van der Waals surface area contributed by atoms with Crippen molar-refractivity contribution in [3.63, 3.8) is 0 Å². The summed E-state index contributed by atoms with van der Waals surface area (Å²) >= 11 is 12.4. The molecule has 1 aliphatic rings. The van der Waals surface area contributed by atoms with Gasteiger partial charge in [-0.15, -0.1) is 0 Å². The van der Waals surface area contributed by atoms with Gasteiger partial charge in [0.05, 0.1) is 5.02 Å².